The number of halogens is 5. The predicted octanol–water partition coefficient (Wildman–Crippen LogP) is 4.39. The van der Waals surface area contributed by atoms with E-state index < -0.39 is 31.1 Å². The van der Waals surface area contributed by atoms with Crippen LogP contribution in [0, 0.1) is 5.95 Å². The molecule has 11 heteroatoms. The van der Waals surface area contributed by atoms with Crippen LogP contribution in [0.5, 0.6) is 5.75 Å². The van der Waals surface area contributed by atoms with Gasteiger partial charge in [-0.2, -0.15) is 13.2 Å². The second kappa shape index (κ2) is 8.60. The van der Waals surface area contributed by atoms with Crippen molar-refractivity contribution in [3.63, 3.8) is 0 Å². The minimum Gasteiger partial charge on any atom is -0.481 e. The number of pyridine rings is 1. The second-order valence-electron chi connectivity index (χ2n) is 5.96. The van der Waals surface area contributed by atoms with E-state index in [9.17, 15) is 28.2 Å². The van der Waals surface area contributed by atoms with Crippen molar-refractivity contribution in [2.24, 2.45) is 0 Å². The lowest BCUT2D eigenvalue weighted by molar-refractivity contribution is -0.138. The van der Waals surface area contributed by atoms with Gasteiger partial charge in [-0.1, -0.05) is 23.7 Å². The molecule has 29 heavy (non-hydrogen) atoms. The average molecular weight is 494 g/mol. The van der Waals surface area contributed by atoms with Gasteiger partial charge in [0.1, 0.15) is 11.4 Å². The van der Waals surface area contributed by atoms with Crippen LogP contribution in [0.3, 0.4) is 0 Å². The van der Waals surface area contributed by atoms with Crippen LogP contribution in [0.25, 0.3) is 5.65 Å². The van der Waals surface area contributed by atoms with E-state index >= 15 is 0 Å². The molecule has 2 aromatic heterocycles. The Kier molecular flexibility index (Phi) is 6.35. The number of hydrogen-bond donors (Lipinski definition) is 2. The zero-order valence-electron chi connectivity index (χ0n) is 14.5. The topological polar surface area (TPSA) is 84.1 Å². The van der Waals surface area contributed by atoms with Gasteiger partial charge in [0, 0.05) is 6.42 Å². The van der Waals surface area contributed by atoms with Gasteiger partial charge in [0.2, 0.25) is 5.95 Å². The summed E-state index contributed by atoms with van der Waals surface area (Å²) in [7, 11) is 0. The van der Waals surface area contributed by atoms with E-state index in [0.29, 0.717) is 0 Å². The van der Waals surface area contributed by atoms with Crippen LogP contribution in [0.2, 0.25) is 5.02 Å². The van der Waals surface area contributed by atoms with Gasteiger partial charge in [0.25, 0.3) is 0 Å². The molecule has 2 N–H and O–H groups in total. The van der Waals surface area contributed by atoms with Crippen molar-refractivity contribution in [1.82, 2.24) is 9.38 Å². The first kappa shape index (κ1) is 21.4. The first-order chi connectivity index (χ1) is 13.7. The maximum atomic E-state index is 14.5. The van der Waals surface area contributed by atoms with Crippen LogP contribution in [0.4, 0.5) is 13.2 Å². The molecule has 3 rings (SSSR count). The van der Waals surface area contributed by atoms with Crippen LogP contribution in [-0.2, 0) is 17.8 Å². The third-order valence-electron chi connectivity index (χ3n) is 4.28. The molecule has 0 amide bonds. The smallest absolute Gasteiger partial charge is 0.387 e. The van der Waals surface area contributed by atoms with Gasteiger partial charge in [0.05, 0.1) is 33.4 Å². The van der Waals surface area contributed by atoms with Gasteiger partial charge in [-0.3, -0.25) is 9.20 Å². The number of nitrogens with zero attached hydrogens (tertiary/aromatic N) is 2. The Morgan fingerprint density at radius 3 is 2.66 bits per heavy atom. The summed E-state index contributed by atoms with van der Waals surface area (Å²) in [5.41, 5.74) is 0.406. The molecular formula is C18H13BrClF3N2O4. The summed E-state index contributed by atoms with van der Waals surface area (Å²) < 4.78 is 45.1. The lowest BCUT2D eigenvalue weighted by atomic mass is 9.93. The highest BCUT2D eigenvalue weighted by molar-refractivity contribution is 9.10. The van der Waals surface area contributed by atoms with Crippen LogP contribution in [0.1, 0.15) is 22.9 Å². The molecule has 0 fully saturated rings. The fourth-order valence-corrected chi connectivity index (χ4v) is 3.62. The molecule has 0 radical (unpaired) electrons. The van der Waals surface area contributed by atoms with Gasteiger partial charge in [-0.15, -0.1) is 0 Å². The molecule has 3 aromatic rings. The van der Waals surface area contributed by atoms with Crippen molar-refractivity contribution < 1.29 is 32.9 Å². The summed E-state index contributed by atoms with van der Waals surface area (Å²) in [6.45, 7) is -3.73. The number of alkyl halides is 2. The van der Waals surface area contributed by atoms with Gasteiger partial charge in [-0.05, 0) is 39.7 Å². The number of aliphatic carboxylic acids is 1. The monoisotopic (exact) mass is 492 g/mol. The Labute approximate surface area is 175 Å². The van der Waals surface area contributed by atoms with Crippen molar-refractivity contribution in [2.75, 3.05) is 0 Å². The Balaban J connectivity index is 2.08. The molecule has 1 aromatic carbocycles. The zero-order chi connectivity index (χ0) is 21.3. The van der Waals surface area contributed by atoms with E-state index in [1.54, 1.807) is 0 Å². The lowest BCUT2D eigenvalue weighted by Crippen LogP contribution is -2.17. The number of imidazole rings is 1. The molecule has 0 bridgehead atoms. The van der Waals surface area contributed by atoms with Gasteiger partial charge >= 0.3 is 12.6 Å². The number of fused-ring (bicyclic) bond motifs is 1. The SMILES string of the molecule is O=C(O)C(Cc1nc2ccc(Br)c(F)n2c1CO)c1cccc(OC(F)F)c1Cl. The number of carbonyl (C=O) groups is 1. The number of hydrogen-bond acceptors (Lipinski definition) is 4. The van der Waals surface area contributed by atoms with Crippen LogP contribution < -0.4 is 4.74 Å². The maximum Gasteiger partial charge on any atom is 0.387 e. The van der Waals surface area contributed by atoms with E-state index in [-0.39, 0.29) is 44.3 Å². The first-order valence-electron chi connectivity index (χ1n) is 8.15. The molecule has 0 aliphatic rings. The molecule has 2 heterocycles. The standard InChI is InChI=1S/C18H13BrClF3N2O4/c19-10-4-5-14-24-11(12(7-26)25(14)16(10)21)6-9(17(27)28)8-2-1-3-13(15(8)20)29-18(22)23/h1-5,9,18,26H,6-7H2,(H,27,28). The molecule has 154 valence electrons. The van der Waals surface area contributed by atoms with Crippen LogP contribution in [0.15, 0.2) is 34.8 Å². The summed E-state index contributed by atoms with van der Waals surface area (Å²) >= 11 is 9.14. The number of ether oxygens (including phenoxy) is 1. The number of aliphatic hydroxyl groups excluding tert-OH is 1. The Morgan fingerprint density at radius 1 is 1.31 bits per heavy atom. The van der Waals surface area contributed by atoms with E-state index in [1.807, 2.05) is 0 Å². The normalized spacial score (nSPS) is 12.5. The number of rotatable bonds is 7. The number of carboxylic acid groups (broad SMARTS) is 1. The highest BCUT2D eigenvalue weighted by atomic mass is 79.9. The van der Waals surface area contributed by atoms with Gasteiger partial charge in [0.15, 0.2) is 0 Å². The highest BCUT2D eigenvalue weighted by Gasteiger charge is 2.28. The van der Waals surface area contributed by atoms with E-state index in [4.69, 9.17) is 11.6 Å². The van der Waals surface area contributed by atoms with Crippen LogP contribution in [-0.4, -0.2) is 32.2 Å². The van der Waals surface area contributed by atoms with Gasteiger partial charge < -0.3 is 14.9 Å². The largest absolute Gasteiger partial charge is 0.481 e. The first-order valence-corrected chi connectivity index (χ1v) is 9.32. The fraction of sp³-hybridized carbons (Fsp3) is 0.222. The summed E-state index contributed by atoms with van der Waals surface area (Å²) in [6, 6.07) is 6.82. The Hall–Kier alpha value is -2.30. The quantitative estimate of drug-likeness (QED) is 0.477. The molecule has 6 nitrogen and oxygen atoms in total. The van der Waals surface area contributed by atoms with Crippen molar-refractivity contribution in [3.05, 3.63) is 62.7 Å². The third-order valence-corrected chi connectivity index (χ3v) is 5.28. The molecule has 0 saturated heterocycles. The zero-order valence-corrected chi connectivity index (χ0v) is 16.8. The van der Waals surface area contributed by atoms with Crippen LogP contribution >= 0.6 is 27.5 Å². The molecule has 0 saturated carbocycles. The second-order valence-corrected chi connectivity index (χ2v) is 7.19. The summed E-state index contributed by atoms with van der Waals surface area (Å²) in [5.74, 6) is -3.67. The Bertz CT molecular complexity index is 1080. The fourth-order valence-electron chi connectivity index (χ4n) is 3.01. The van der Waals surface area contributed by atoms with Crippen molar-refractivity contribution in [2.45, 2.75) is 25.6 Å². The highest BCUT2D eigenvalue weighted by Crippen LogP contribution is 2.36. The molecule has 0 aliphatic heterocycles. The van der Waals surface area contributed by atoms with Crippen molar-refractivity contribution in [3.8, 4) is 5.75 Å². The van der Waals surface area contributed by atoms with E-state index in [2.05, 4.69) is 25.7 Å². The number of aliphatic hydroxyl groups is 1. The molecule has 0 spiro atoms. The minimum absolute atomic E-state index is 0.0277. The number of aromatic nitrogens is 2. The van der Waals surface area contributed by atoms with Gasteiger partial charge in [-0.25, -0.2) is 4.98 Å². The molecule has 1 atom stereocenters. The summed E-state index contributed by atoms with van der Waals surface area (Å²) in [6.07, 6.45) is -0.262. The van der Waals surface area contributed by atoms with E-state index in [1.165, 1.54) is 30.3 Å². The minimum atomic E-state index is -3.13. The predicted molar refractivity (Wildman–Crippen MR) is 101 cm³/mol. The van der Waals surface area contributed by atoms with E-state index in [0.717, 1.165) is 4.40 Å². The average Bonchev–Trinajstić information content (AvgIpc) is 3.02. The molecule has 0 aliphatic carbocycles. The summed E-state index contributed by atoms with van der Waals surface area (Å²) in [5, 5.41) is 19.1. The van der Waals surface area contributed by atoms with Crippen molar-refractivity contribution >= 4 is 39.1 Å². The number of benzene rings is 1. The molecular weight excluding hydrogens is 481 g/mol. The Morgan fingerprint density at radius 2 is 2.03 bits per heavy atom. The molecule has 1 unspecified atom stereocenters. The maximum absolute atomic E-state index is 14.5. The third kappa shape index (κ3) is 4.19. The lowest BCUT2D eigenvalue weighted by Gasteiger charge is -2.16. The van der Waals surface area contributed by atoms with Crippen molar-refractivity contribution in [1.29, 1.82) is 0 Å². The number of carboxylic acids is 1. The summed E-state index contributed by atoms with van der Waals surface area (Å²) in [4.78, 5) is 16.1.